The molecule has 1 aromatic carbocycles. The lowest BCUT2D eigenvalue weighted by Crippen LogP contribution is -2.52. The van der Waals surface area contributed by atoms with Crippen LogP contribution >= 0.6 is 0 Å². The molecule has 0 aliphatic heterocycles. The Labute approximate surface area is 232 Å². The van der Waals surface area contributed by atoms with E-state index >= 15 is 0 Å². The molecular weight excluding hydrogens is 496 g/mol. The largest absolute Gasteiger partial charge is 0.508 e. The summed E-state index contributed by atoms with van der Waals surface area (Å²) in [5, 5.41) is 24.5. The van der Waals surface area contributed by atoms with Gasteiger partial charge >= 0.3 is 0 Å². The normalized spacial score (nSPS) is 18.7. The third kappa shape index (κ3) is 8.66. The van der Waals surface area contributed by atoms with E-state index in [4.69, 9.17) is 11.5 Å². The highest BCUT2D eigenvalue weighted by molar-refractivity contribution is 6.03. The SMILES string of the molecule is CCCN(CCC)C(=O)C1=CC(C(N)=O)=CC(C(N)=O)([C@H](Cc2ccc(O)cc2)[C@@H](O)CNCCC(C)C)C1. The van der Waals surface area contributed by atoms with Gasteiger partial charge in [0.15, 0.2) is 0 Å². The summed E-state index contributed by atoms with van der Waals surface area (Å²) in [6, 6.07) is 6.49. The molecule has 0 spiro atoms. The van der Waals surface area contributed by atoms with Gasteiger partial charge in [-0.05, 0) is 68.3 Å². The highest BCUT2D eigenvalue weighted by Gasteiger charge is 2.49. The number of carbonyl (C=O) groups is 3. The van der Waals surface area contributed by atoms with Gasteiger partial charge in [0, 0.05) is 36.7 Å². The zero-order valence-corrected chi connectivity index (χ0v) is 23.8. The number of rotatable bonds is 16. The monoisotopic (exact) mass is 542 g/mol. The van der Waals surface area contributed by atoms with Crippen LogP contribution in [0.4, 0.5) is 0 Å². The second-order valence-corrected chi connectivity index (χ2v) is 10.9. The lowest BCUT2D eigenvalue weighted by molar-refractivity contribution is -0.132. The topological polar surface area (TPSA) is 159 Å². The van der Waals surface area contributed by atoms with Crippen molar-refractivity contribution in [3.8, 4) is 5.75 Å². The van der Waals surface area contributed by atoms with E-state index in [1.165, 1.54) is 24.3 Å². The van der Waals surface area contributed by atoms with Gasteiger partial charge in [-0.1, -0.05) is 45.9 Å². The van der Waals surface area contributed by atoms with Gasteiger partial charge < -0.3 is 31.9 Å². The number of aliphatic hydroxyl groups excluding tert-OH is 1. The predicted octanol–water partition coefficient (Wildman–Crippen LogP) is 2.41. The van der Waals surface area contributed by atoms with Gasteiger partial charge in [0.25, 0.3) is 0 Å². The summed E-state index contributed by atoms with van der Waals surface area (Å²) in [4.78, 5) is 41.1. The molecule has 7 N–H and O–H groups in total. The summed E-state index contributed by atoms with van der Waals surface area (Å²) in [7, 11) is 0. The van der Waals surface area contributed by atoms with Crippen LogP contribution in [0.15, 0.2) is 47.6 Å². The maximum atomic E-state index is 13.6. The highest BCUT2D eigenvalue weighted by Crippen LogP contribution is 2.44. The molecule has 1 aliphatic carbocycles. The molecule has 0 heterocycles. The number of phenolic OH excluding ortho intramolecular Hbond substituents is 1. The summed E-state index contributed by atoms with van der Waals surface area (Å²) in [5.74, 6) is -2.02. The van der Waals surface area contributed by atoms with Crippen LogP contribution in [0.25, 0.3) is 0 Å². The number of benzene rings is 1. The molecule has 1 aromatic rings. The van der Waals surface area contributed by atoms with Gasteiger partial charge in [-0.25, -0.2) is 0 Å². The van der Waals surface area contributed by atoms with Crippen molar-refractivity contribution < 1.29 is 24.6 Å². The third-order valence-electron chi connectivity index (χ3n) is 7.29. The van der Waals surface area contributed by atoms with Crippen molar-refractivity contribution in [3.63, 3.8) is 0 Å². The molecule has 0 saturated carbocycles. The number of aliphatic hydroxyl groups is 1. The number of hydrogen-bond donors (Lipinski definition) is 5. The maximum absolute atomic E-state index is 13.6. The van der Waals surface area contributed by atoms with Crippen LogP contribution in [-0.4, -0.2) is 65.1 Å². The van der Waals surface area contributed by atoms with E-state index in [9.17, 15) is 24.6 Å². The Hall–Kier alpha value is -3.17. The van der Waals surface area contributed by atoms with Gasteiger partial charge in [0.2, 0.25) is 17.7 Å². The smallest absolute Gasteiger partial charge is 0.249 e. The minimum absolute atomic E-state index is 0.0204. The van der Waals surface area contributed by atoms with Crippen LogP contribution in [0, 0.1) is 17.3 Å². The molecule has 0 radical (unpaired) electrons. The quantitative estimate of drug-likeness (QED) is 0.202. The molecule has 1 aliphatic rings. The van der Waals surface area contributed by atoms with Crippen molar-refractivity contribution in [3.05, 3.63) is 53.1 Å². The Balaban J connectivity index is 2.58. The Morgan fingerprint density at radius 3 is 2.21 bits per heavy atom. The maximum Gasteiger partial charge on any atom is 0.249 e. The minimum Gasteiger partial charge on any atom is -0.508 e. The first-order valence-electron chi connectivity index (χ1n) is 13.9. The summed E-state index contributed by atoms with van der Waals surface area (Å²) in [5.41, 5.74) is 11.3. The van der Waals surface area contributed by atoms with Crippen LogP contribution < -0.4 is 16.8 Å². The van der Waals surface area contributed by atoms with E-state index in [0.29, 0.717) is 25.6 Å². The Bertz CT molecular complexity index is 1040. The van der Waals surface area contributed by atoms with E-state index in [2.05, 4.69) is 19.2 Å². The van der Waals surface area contributed by atoms with Gasteiger partial charge in [0.1, 0.15) is 5.75 Å². The Morgan fingerprint density at radius 2 is 1.69 bits per heavy atom. The Morgan fingerprint density at radius 1 is 1.08 bits per heavy atom. The molecule has 1 unspecified atom stereocenters. The lowest BCUT2D eigenvalue weighted by atomic mass is 9.63. The van der Waals surface area contributed by atoms with Gasteiger partial charge in [-0.2, -0.15) is 0 Å². The lowest BCUT2D eigenvalue weighted by Gasteiger charge is -2.42. The van der Waals surface area contributed by atoms with Crippen LogP contribution in [0.2, 0.25) is 0 Å². The summed E-state index contributed by atoms with van der Waals surface area (Å²) < 4.78 is 0. The van der Waals surface area contributed by atoms with Crippen LogP contribution in [0.1, 0.15) is 58.9 Å². The standard InChI is InChI=1S/C30H46N4O5/c1-5-13-34(14-6-2)28(38)23-16-22(27(31)37)17-30(18-23,29(32)39)25(15-21-7-9-24(35)10-8-21)26(36)19-33-12-11-20(3)4/h7-10,16-17,20,25-26,33,35-36H,5-6,11-15,18-19H2,1-4H3,(H2,31,37)(H2,32,39)/t25-,26+,30?/m1/s1. The molecule has 0 bridgehead atoms. The number of hydrogen-bond acceptors (Lipinski definition) is 6. The molecule has 39 heavy (non-hydrogen) atoms. The fourth-order valence-corrected chi connectivity index (χ4v) is 5.17. The molecule has 3 atom stereocenters. The highest BCUT2D eigenvalue weighted by atomic mass is 16.3. The van der Waals surface area contributed by atoms with E-state index in [1.54, 1.807) is 17.0 Å². The number of nitrogens with one attached hydrogen (secondary N) is 1. The number of amides is 3. The molecule has 9 heteroatoms. The molecular formula is C30H46N4O5. The fourth-order valence-electron chi connectivity index (χ4n) is 5.17. The molecule has 0 saturated heterocycles. The first-order chi connectivity index (χ1) is 18.4. The summed E-state index contributed by atoms with van der Waals surface area (Å²) in [6.07, 6.45) is 4.43. The third-order valence-corrected chi connectivity index (χ3v) is 7.29. The van der Waals surface area contributed by atoms with E-state index in [0.717, 1.165) is 24.8 Å². The van der Waals surface area contributed by atoms with Crippen molar-refractivity contribution in [2.75, 3.05) is 26.2 Å². The molecule has 0 fully saturated rings. The van der Waals surface area contributed by atoms with E-state index in [1.807, 2.05) is 13.8 Å². The number of nitrogens with two attached hydrogens (primary N) is 2. The molecule has 9 nitrogen and oxygen atoms in total. The fraction of sp³-hybridized carbons (Fsp3) is 0.567. The van der Waals surface area contributed by atoms with Crippen molar-refractivity contribution in [2.24, 2.45) is 28.7 Å². The predicted molar refractivity (Wildman–Crippen MR) is 152 cm³/mol. The number of phenols is 1. The van der Waals surface area contributed by atoms with Crippen LogP contribution in [-0.2, 0) is 20.8 Å². The average molecular weight is 543 g/mol. The van der Waals surface area contributed by atoms with Gasteiger partial charge in [-0.15, -0.1) is 0 Å². The number of primary amides is 2. The first-order valence-corrected chi connectivity index (χ1v) is 13.9. The zero-order valence-electron chi connectivity index (χ0n) is 23.8. The molecule has 2 rings (SSSR count). The second kappa shape index (κ2) is 14.8. The Kier molecular flexibility index (Phi) is 12.2. The average Bonchev–Trinajstić information content (AvgIpc) is 2.89. The van der Waals surface area contributed by atoms with Crippen molar-refractivity contribution in [1.29, 1.82) is 0 Å². The summed E-state index contributed by atoms with van der Waals surface area (Å²) >= 11 is 0. The molecule has 3 amide bonds. The van der Waals surface area contributed by atoms with Crippen LogP contribution in [0.5, 0.6) is 5.75 Å². The molecule has 0 aromatic heterocycles. The summed E-state index contributed by atoms with van der Waals surface area (Å²) in [6.45, 7) is 10.1. The van der Waals surface area contributed by atoms with E-state index < -0.39 is 29.3 Å². The number of aromatic hydroxyl groups is 1. The molecule has 216 valence electrons. The minimum atomic E-state index is -1.55. The number of nitrogens with zero attached hydrogens (tertiary/aromatic N) is 1. The first kappa shape index (κ1) is 32.0. The second-order valence-electron chi connectivity index (χ2n) is 10.9. The van der Waals surface area contributed by atoms with Crippen molar-refractivity contribution in [1.82, 2.24) is 10.2 Å². The van der Waals surface area contributed by atoms with Gasteiger partial charge in [0.05, 0.1) is 11.5 Å². The van der Waals surface area contributed by atoms with Crippen molar-refractivity contribution in [2.45, 2.75) is 65.9 Å². The van der Waals surface area contributed by atoms with E-state index in [-0.39, 0.29) is 42.2 Å². The van der Waals surface area contributed by atoms with Crippen LogP contribution in [0.3, 0.4) is 0 Å². The van der Waals surface area contributed by atoms with Gasteiger partial charge in [-0.3, -0.25) is 14.4 Å². The number of carbonyl (C=O) groups excluding carboxylic acids is 3. The van der Waals surface area contributed by atoms with Crippen molar-refractivity contribution >= 4 is 17.7 Å². The zero-order chi connectivity index (χ0) is 29.2.